The van der Waals surface area contributed by atoms with Crippen molar-refractivity contribution in [3.63, 3.8) is 0 Å². The fourth-order valence-corrected chi connectivity index (χ4v) is 1.10. The van der Waals surface area contributed by atoms with Crippen LogP contribution in [0.5, 0.6) is 0 Å². The third kappa shape index (κ3) is 3.02. The van der Waals surface area contributed by atoms with E-state index >= 15 is 0 Å². The van der Waals surface area contributed by atoms with Crippen molar-refractivity contribution < 1.29 is 9.59 Å². The summed E-state index contributed by atoms with van der Waals surface area (Å²) in [4.78, 5) is 22.5. The second kappa shape index (κ2) is 4.81. The van der Waals surface area contributed by atoms with Gasteiger partial charge in [-0.2, -0.15) is 0 Å². The number of hydrogen-bond acceptors (Lipinski definition) is 3. The van der Waals surface area contributed by atoms with Gasteiger partial charge in [-0.25, -0.2) is 0 Å². The lowest BCUT2D eigenvalue weighted by Gasteiger charge is -2.15. The van der Waals surface area contributed by atoms with Crippen LogP contribution in [0.1, 0.15) is 6.92 Å². The molecular formula is C8H15N3O2. The van der Waals surface area contributed by atoms with Gasteiger partial charge < -0.3 is 16.0 Å². The van der Waals surface area contributed by atoms with Gasteiger partial charge in [0.2, 0.25) is 11.8 Å². The summed E-state index contributed by atoms with van der Waals surface area (Å²) in [7, 11) is 0. The molecule has 0 bridgehead atoms. The van der Waals surface area contributed by atoms with E-state index in [1.807, 2.05) is 0 Å². The van der Waals surface area contributed by atoms with E-state index in [0.717, 1.165) is 13.1 Å². The number of rotatable bonds is 0. The number of nitrogens with one attached hydrogen (secondary N) is 3. The Bertz CT molecular complexity index is 186. The van der Waals surface area contributed by atoms with E-state index in [0.29, 0.717) is 13.1 Å². The fourth-order valence-electron chi connectivity index (χ4n) is 1.10. The van der Waals surface area contributed by atoms with Crippen LogP contribution in [0.3, 0.4) is 0 Å². The molecule has 1 rings (SSSR count). The van der Waals surface area contributed by atoms with Gasteiger partial charge in [-0.05, 0) is 6.92 Å². The molecule has 0 radical (unpaired) electrons. The minimum absolute atomic E-state index is 0.207. The van der Waals surface area contributed by atoms with Crippen LogP contribution in [0.25, 0.3) is 0 Å². The molecule has 1 aliphatic rings. The lowest BCUT2D eigenvalue weighted by Crippen LogP contribution is -2.45. The van der Waals surface area contributed by atoms with Gasteiger partial charge >= 0.3 is 0 Å². The van der Waals surface area contributed by atoms with Crippen LogP contribution in [0, 0.1) is 5.92 Å². The summed E-state index contributed by atoms with van der Waals surface area (Å²) in [6.45, 7) is 4.26. The Morgan fingerprint density at radius 2 is 1.46 bits per heavy atom. The van der Waals surface area contributed by atoms with Gasteiger partial charge in [0, 0.05) is 26.2 Å². The lowest BCUT2D eigenvalue weighted by molar-refractivity contribution is -0.134. The molecular weight excluding hydrogens is 170 g/mol. The van der Waals surface area contributed by atoms with Gasteiger partial charge in [0.05, 0.1) is 0 Å². The van der Waals surface area contributed by atoms with Gasteiger partial charge in [0.1, 0.15) is 5.92 Å². The molecule has 0 aromatic rings. The third-order valence-corrected chi connectivity index (χ3v) is 1.99. The van der Waals surface area contributed by atoms with Gasteiger partial charge in [0.15, 0.2) is 0 Å². The second-order valence-corrected chi connectivity index (χ2v) is 3.05. The quantitative estimate of drug-likeness (QED) is 0.400. The van der Waals surface area contributed by atoms with Crippen molar-refractivity contribution >= 4 is 11.8 Å². The van der Waals surface area contributed by atoms with Crippen LogP contribution in [0.4, 0.5) is 0 Å². The van der Waals surface area contributed by atoms with Gasteiger partial charge in [-0.15, -0.1) is 0 Å². The highest BCUT2D eigenvalue weighted by Gasteiger charge is 2.20. The Kier molecular flexibility index (Phi) is 3.70. The van der Waals surface area contributed by atoms with Crippen molar-refractivity contribution in [3.05, 3.63) is 0 Å². The monoisotopic (exact) mass is 185 g/mol. The van der Waals surface area contributed by atoms with E-state index in [1.165, 1.54) is 0 Å². The first-order chi connectivity index (χ1) is 6.22. The highest BCUT2D eigenvalue weighted by atomic mass is 16.2. The van der Waals surface area contributed by atoms with Crippen molar-refractivity contribution in [1.82, 2.24) is 16.0 Å². The molecule has 2 amide bonds. The maximum atomic E-state index is 11.2. The molecule has 13 heavy (non-hydrogen) atoms. The largest absolute Gasteiger partial charge is 0.354 e. The van der Waals surface area contributed by atoms with E-state index in [-0.39, 0.29) is 11.8 Å². The summed E-state index contributed by atoms with van der Waals surface area (Å²) in [5.41, 5.74) is 0. The summed E-state index contributed by atoms with van der Waals surface area (Å²) < 4.78 is 0. The molecule has 1 fully saturated rings. The molecule has 0 aliphatic carbocycles. The average Bonchev–Trinajstić information content (AvgIpc) is 2.13. The van der Waals surface area contributed by atoms with E-state index in [4.69, 9.17) is 0 Å². The van der Waals surface area contributed by atoms with E-state index in [9.17, 15) is 9.59 Å². The van der Waals surface area contributed by atoms with Gasteiger partial charge in [0.25, 0.3) is 0 Å². The molecule has 0 atom stereocenters. The molecule has 0 spiro atoms. The second-order valence-electron chi connectivity index (χ2n) is 3.05. The molecule has 1 aliphatic heterocycles. The number of hydrogen-bond donors (Lipinski definition) is 3. The summed E-state index contributed by atoms with van der Waals surface area (Å²) in [6, 6.07) is 0. The normalized spacial score (nSPS) is 21.9. The number of carbonyl (C=O) groups is 2. The maximum absolute atomic E-state index is 11.2. The Balaban J connectivity index is 2.50. The molecule has 3 N–H and O–H groups in total. The average molecular weight is 185 g/mol. The summed E-state index contributed by atoms with van der Waals surface area (Å²) in [5.74, 6) is -1.000. The third-order valence-electron chi connectivity index (χ3n) is 1.99. The van der Waals surface area contributed by atoms with Crippen LogP contribution in [0.2, 0.25) is 0 Å². The highest BCUT2D eigenvalue weighted by Crippen LogP contribution is 1.94. The number of carbonyl (C=O) groups excluding carboxylic acids is 2. The van der Waals surface area contributed by atoms with Crippen LogP contribution < -0.4 is 16.0 Å². The van der Waals surface area contributed by atoms with Crippen molar-refractivity contribution in [1.29, 1.82) is 0 Å². The van der Waals surface area contributed by atoms with Crippen LogP contribution in [-0.2, 0) is 9.59 Å². The zero-order chi connectivity index (χ0) is 9.68. The first kappa shape index (κ1) is 9.98. The zero-order valence-corrected chi connectivity index (χ0v) is 7.72. The standard InChI is InChI=1S/C8H15N3O2/c1-6-7(12)10-4-2-9-3-5-11-8(6)13/h6,9H,2-5H2,1H3,(H,10,12)(H,11,13). The predicted octanol–water partition coefficient (Wildman–Crippen LogP) is -1.54. The highest BCUT2D eigenvalue weighted by molar-refractivity contribution is 5.99. The molecule has 0 saturated carbocycles. The summed E-state index contributed by atoms with van der Waals surface area (Å²) >= 11 is 0. The molecule has 5 nitrogen and oxygen atoms in total. The topological polar surface area (TPSA) is 70.2 Å². The molecule has 0 unspecified atom stereocenters. The van der Waals surface area contributed by atoms with Crippen molar-refractivity contribution in [2.24, 2.45) is 5.92 Å². The first-order valence-electron chi connectivity index (χ1n) is 4.48. The molecule has 1 saturated heterocycles. The van der Waals surface area contributed by atoms with Crippen molar-refractivity contribution in [3.8, 4) is 0 Å². The van der Waals surface area contributed by atoms with Crippen LogP contribution in [0.15, 0.2) is 0 Å². The molecule has 5 heteroatoms. The first-order valence-corrected chi connectivity index (χ1v) is 4.48. The van der Waals surface area contributed by atoms with E-state index in [2.05, 4.69) is 16.0 Å². The minimum Gasteiger partial charge on any atom is -0.354 e. The van der Waals surface area contributed by atoms with Gasteiger partial charge in [-0.1, -0.05) is 0 Å². The molecule has 74 valence electrons. The van der Waals surface area contributed by atoms with Gasteiger partial charge in [-0.3, -0.25) is 9.59 Å². The Hall–Kier alpha value is -1.10. The Morgan fingerprint density at radius 3 is 1.92 bits per heavy atom. The van der Waals surface area contributed by atoms with E-state index < -0.39 is 5.92 Å². The minimum atomic E-state index is -0.585. The maximum Gasteiger partial charge on any atom is 0.232 e. The Labute approximate surface area is 77.3 Å². The molecule has 0 aromatic heterocycles. The zero-order valence-electron chi connectivity index (χ0n) is 7.72. The van der Waals surface area contributed by atoms with E-state index in [1.54, 1.807) is 6.92 Å². The van der Waals surface area contributed by atoms with Crippen LogP contribution >= 0.6 is 0 Å². The smallest absolute Gasteiger partial charge is 0.232 e. The molecule has 1 heterocycles. The van der Waals surface area contributed by atoms with Crippen molar-refractivity contribution in [2.75, 3.05) is 26.2 Å². The lowest BCUT2D eigenvalue weighted by atomic mass is 10.1. The van der Waals surface area contributed by atoms with Crippen LogP contribution in [-0.4, -0.2) is 38.0 Å². The van der Waals surface area contributed by atoms with Crippen molar-refractivity contribution in [2.45, 2.75) is 6.92 Å². The number of amides is 2. The SMILES string of the molecule is CC1C(=O)NCCNCCNC1=O. The summed E-state index contributed by atoms with van der Waals surface area (Å²) in [5, 5.41) is 8.42. The Morgan fingerprint density at radius 1 is 1.00 bits per heavy atom. The summed E-state index contributed by atoms with van der Waals surface area (Å²) in [6.07, 6.45) is 0. The predicted molar refractivity (Wildman–Crippen MR) is 48.1 cm³/mol. The molecule has 0 aromatic carbocycles. The fraction of sp³-hybridized carbons (Fsp3) is 0.750.